The Kier molecular flexibility index (Phi) is 5.47. The fourth-order valence-electron chi connectivity index (χ4n) is 6.54. The lowest BCUT2D eigenvalue weighted by Crippen LogP contribution is -2.40. The van der Waals surface area contributed by atoms with E-state index in [0.717, 1.165) is 81.4 Å². The summed E-state index contributed by atoms with van der Waals surface area (Å²) in [6.07, 6.45) is 4.26. The molecule has 2 aliphatic rings. The van der Waals surface area contributed by atoms with Gasteiger partial charge in [-0.3, -0.25) is 19.7 Å². The van der Waals surface area contributed by atoms with Crippen LogP contribution in [0.15, 0.2) is 36.4 Å². The van der Waals surface area contributed by atoms with Crippen LogP contribution in [0, 0.1) is 0 Å². The number of carbonyl (C=O) groups is 3. The zero-order valence-electron chi connectivity index (χ0n) is 21.5. The number of nitrogens with two attached hydrogens (primary N) is 2. The van der Waals surface area contributed by atoms with Crippen LogP contribution in [-0.2, 0) is 24.3 Å². The molecule has 0 bridgehead atoms. The van der Waals surface area contributed by atoms with E-state index < -0.39 is 6.04 Å². The van der Waals surface area contributed by atoms with Gasteiger partial charge in [0.05, 0.1) is 33.7 Å². The first-order valence-corrected chi connectivity index (χ1v) is 13.6. The zero-order chi connectivity index (χ0) is 26.8. The van der Waals surface area contributed by atoms with Gasteiger partial charge in [0, 0.05) is 40.2 Å². The highest BCUT2D eigenvalue weighted by molar-refractivity contribution is 6.39. The normalized spacial score (nSPS) is 15.4. The van der Waals surface area contributed by atoms with E-state index in [2.05, 4.69) is 32.3 Å². The fourth-order valence-corrected chi connectivity index (χ4v) is 6.54. The van der Waals surface area contributed by atoms with Crippen molar-refractivity contribution in [3.05, 3.63) is 58.7 Å². The van der Waals surface area contributed by atoms with Crippen molar-refractivity contribution in [3.8, 4) is 0 Å². The van der Waals surface area contributed by atoms with Crippen molar-refractivity contribution in [3.63, 3.8) is 0 Å². The van der Waals surface area contributed by atoms with E-state index in [1.807, 2.05) is 24.3 Å². The molecule has 1 atom stereocenters. The van der Waals surface area contributed by atoms with Gasteiger partial charge >= 0.3 is 0 Å². The molecule has 3 aromatic carbocycles. The number of H-pyrrole nitrogens is 1. The molecule has 39 heavy (non-hydrogen) atoms. The molecule has 0 spiro atoms. The van der Waals surface area contributed by atoms with Gasteiger partial charge in [0.1, 0.15) is 0 Å². The maximum atomic E-state index is 13.2. The number of aromatic nitrogens is 2. The minimum absolute atomic E-state index is 0.187. The van der Waals surface area contributed by atoms with Crippen molar-refractivity contribution in [1.82, 2.24) is 20.2 Å². The fraction of sp³-hybridized carbons (Fsp3) is 0.300. The Morgan fingerprint density at radius 1 is 1.03 bits per heavy atom. The minimum Gasteiger partial charge on any atom is -0.353 e. The maximum Gasteiger partial charge on any atom is 0.259 e. The molecule has 3 amide bonds. The third-order valence-corrected chi connectivity index (χ3v) is 8.30. The first-order valence-electron chi connectivity index (χ1n) is 13.6. The van der Waals surface area contributed by atoms with Crippen LogP contribution in [0.25, 0.3) is 43.6 Å². The van der Waals surface area contributed by atoms with Gasteiger partial charge in [-0.15, -0.1) is 0 Å². The quantitative estimate of drug-likeness (QED) is 0.164. The van der Waals surface area contributed by atoms with E-state index in [-0.39, 0.29) is 17.7 Å². The molecule has 1 unspecified atom stereocenters. The maximum absolute atomic E-state index is 13.2. The molecule has 5 aromatic rings. The van der Waals surface area contributed by atoms with Crippen LogP contribution in [0.1, 0.15) is 57.5 Å². The van der Waals surface area contributed by atoms with E-state index in [9.17, 15) is 14.4 Å². The number of para-hydroxylation sites is 1. The molecule has 4 heterocycles. The van der Waals surface area contributed by atoms with Gasteiger partial charge in [0.15, 0.2) is 0 Å². The van der Waals surface area contributed by atoms with Gasteiger partial charge < -0.3 is 26.3 Å². The summed E-state index contributed by atoms with van der Waals surface area (Å²) in [4.78, 5) is 42.4. The number of nitrogens with one attached hydrogen (secondary N) is 3. The summed E-state index contributed by atoms with van der Waals surface area (Å²) in [6.45, 7) is 1.77. The topological polar surface area (TPSA) is 148 Å². The van der Waals surface area contributed by atoms with Crippen LogP contribution >= 0.6 is 0 Å². The van der Waals surface area contributed by atoms with Crippen molar-refractivity contribution in [2.24, 2.45) is 11.5 Å². The second-order valence-electron chi connectivity index (χ2n) is 10.7. The van der Waals surface area contributed by atoms with E-state index in [0.29, 0.717) is 30.6 Å². The van der Waals surface area contributed by atoms with Gasteiger partial charge in [-0.05, 0) is 49.4 Å². The van der Waals surface area contributed by atoms with Crippen LogP contribution in [0.4, 0.5) is 0 Å². The number of nitrogens with zero attached hydrogens (tertiary/aromatic N) is 1. The van der Waals surface area contributed by atoms with Crippen molar-refractivity contribution in [1.29, 1.82) is 0 Å². The Bertz CT molecular complexity index is 1860. The molecule has 9 heteroatoms. The molecule has 2 aliphatic heterocycles. The third-order valence-electron chi connectivity index (χ3n) is 8.30. The molecule has 0 fully saturated rings. The lowest BCUT2D eigenvalue weighted by atomic mass is 9.96. The Labute approximate surface area is 223 Å². The molecule has 2 aromatic heterocycles. The lowest BCUT2D eigenvalue weighted by molar-refractivity contribution is -0.122. The monoisotopic (exact) mass is 522 g/mol. The number of aryl methyl sites for hydroxylation is 2. The third kappa shape index (κ3) is 3.50. The average Bonchev–Trinajstić information content (AvgIpc) is 3.57. The molecule has 9 nitrogen and oxygen atoms in total. The number of hydrogen-bond donors (Lipinski definition) is 5. The predicted octanol–water partition coefficient (Wildman–Crippen LogP) is 3.33. The predicted molar refractivity (Wildman–Crippen MR) is 152 cm³/mol. The Morgan fingerprint density at radius 3 is 2.67 bits per heavy atom. The van der Waals surface area contributed by atoms with Crippen molar-refractivity contribution < 1.29 is 14.4 Å². The molecule has 0 saturated carbocycles. The summed E-state index contributed by atoms with van der Waals surface area (Å²) in [6, 6.07) is 11.6. The number of imide groups is 1. The number of fused-ring (bicyclic) bond motifs is 10. The van der Waals surface area contributed by atoms with Gasteiger partial charge in [-0.1, -0.05) is 36.8 Å². The Morgan fingerprint density at radius 2 is 1.85 bits per heavy atom. The minimum atomic E-state index is -0.564. The zero-order valence-corrected chi connectivity index (χ0v) is 21.5. The first kappa shape index (κ1) is 23.9. The number of benzene rings is 3. The smallest absolute Gasteiger partial charge is 0.259 e. The number of carbonyl (C=O) groups excluding carboxylic acids is 3. The Hall–Kier alpha value is -4.21. The lowest BCUT2D eigenvalue weighted by Gasteiger charge is -2.16. The van der Waals surface area contributed by atoms with Gasteiger partial charge in [0.2, 0.25) is 5.91 Å². The highest BCUT2D eigenvalue weighted by Crippen LogP contribution is 2.45. The van der Waals surface area contributed by atoms with Crippen molar-refractivity contribution in [2.45, 2.75) is 51.2 Å². The molecule has 0 radical (unpaired) electrons. The van der Waals surface area contributed by atoms with Gasteiger partial charge in [-0.25, -0.2) is 0 Å². The number of amides is 3. The summed E-state index contributed by atoms with van der Waals surface area (Å²) in [5.41, 5.74) is 18.5. The summed E-state index contributed by atoms with van der Waals surface area (Å²) in [5, 5.41) is 8.96. The van der Waals surface area contributed by atoms with Crippen molar-refractivity contribution in [2.75, 3.05) is 6.54 Å². The van der Waals surface area contributed by atoms with Crippen LogP contribution in [-0.4, -0.2) is 39.9 Å². The molecule has 7 rings (SSSR count). The molecule has 0 saturated heterocycles. The summed E-state index contributed by atoms with van der Waals surface area (Å²) in [7, 11) is 0. The SMILES string of the molecule is NCCCCC(N)C(=O)NCc1ccc2c(c1)[nH]c1c2c2c(c3c4cccc5c4n(c13)CCC5)C(=O)NC2=O. The Balaban J connectivity index is 1.38. The van der Waals surface area contributed by atoms with Gasteiger partial charge in [-0.2, -0.15) is 0 Å². The molecule has 0 aliphatic carbocycles. The highest BCUT2D eigenvalue weighted by Gasteiger charge is 2.36. The van der Waals surface area contributed by atoms with E-state index in [4.69, 9.17) is 11.5 Å². The highest BCUT2D eigenvalue weighted by atomic mass is 16.2. The number of rotatable bonds is 7. The molecule has 7 N–H and O–H groups in total. The van der Waals surface area contributed by atoms with E-state index in [1.165, 1.54) is 5.56 Å². The second-order valence-corrected chi connectivity index (χ2v) is 10.7. The second kappa shape index (κ2) is 8.93. The number of unbranched alkanes of at least 4 members (excludes halogenated alkanes) is 1. The average molecular weight is 523 g/mol. The van der Waals surface area contributed by atoms with Crippen LogP contribution in [0.3, 0.4) is 0 Å². The first-order chi connectivity index (χ1) is 19.0. The van der Waals surface area contributed by atoms with E-state index >= 15 is 0 Å². The summed E-state index contributed by atoms with van der Waals surface area (Å²) < 4.78 is 2.31. The molecule has 198 valence electrons. The summed E-state index contributed by atoms with van der Waals surface area (Å²) >= 11 is 0. The largest absolute Gasteiger partial charge is 0.353 e. The molecular weight excluding hydrogens is 492 g/mol. The van der Waals surface area contributed by atoms with E-state index in [1.54, 1.807) is 0 Å². The number of hydrogen-bond acceptors (Lipinski definition) is 5. The van der Waals surface area contributed by atoms with Gasteiger partial charge in [0.25, 0.3) is 11.8 Å². The van der Waals surface area contributed by atoms with Crippen molar-refractivity contribution >= 4 is 61.3 Å². The van der Waals surface area contributed by atoms with Crippen LogP contribution < -0.4 is 22.1 Å². The number of aromatic amines is 1. The summed E-state index contributed by atoms with van der Waals surface area (Å²) in [5.74, 6) is -0.898. The molecular formula is C30H30N6O3. The van der Waals surface area contributed by atoms with Crippen LogP contribution in [0.2, 0.25) is 0 Å². The van der Waals surface area contributed by atoms with Crippen LogP contribution in [0.5, 0.6) is 0 Å². The standard InChI is InChI=1S/C30H30N6O3/c31-11-2-1-8-19(32)28(37)33-14-15-9-10-17-20(13-15)34-25-21(17)23-24(30(39)35-29(23)38)22-18-7-3-5-16-6-4-12-36(26(16)18)27(22)25/h3,5,7,9-10,13,19,34H,1-2,4,6,8,11-12,14,31-32H2,(H,33,37)(H,35,38,39).